The Bertz CT molecular complexity index is 1420. The minimum absolute atomic E-state index is 0.177. The lowest BCUT2D eigenvalue weighted by Gasteiger charge is -2.16. The summed E-state index contributed by atoms with van der Waals surface area (Å²) in [5, 5.41) is 6.13. The van der Waals surface area contributed by atoms with Crippen molar-refractivity contribution in [3.63, 3.8) is 0 Å². The van der Waals surface area contributed by atoms with E-state index in [0.717, 1.165) is 38.2 Å². The van der Waals surface area contributed by atoms with Crippen LogP contribution < -0.4 is 5.43 Å². The topological polar surface area (TPSA) is 46.4 Å². The molecule has 0 spiro atoms. The van der Waals surface area contributed by atoms with Crippen molar-refractivity contribution in [2.75, 3.05) is 0 Å². The van der Waals surface area contributed by atoms with E-state index in [4.69, 9.17) is 11.6 Å². The molecule has 0 aliphatic carbocycles. The minimum atomic E-state index is -0.444. The molecule has 0 aliphatic heterocycles. The average Bonchev–Trinajstić information content (AvgIpc) is 3.24. The van der Waals surface area contributed by atoms with Crippen molar-refractivity contribution in [2.24, 2.45) is 5.10 Å². The highest BCUT2D eigenvalue weighted by Gasteiger charge is 2.22. The van der Waals surface area contributed by atoms with Gasteiger partial charge in [0.15, 0.2) is 0 Å². The maximum Gasteiger partial charge on any atom is 0.252 e. The highest BCUT2D eigenvalue weighted by Crippen LogP contribution is 2.25. The van der Waals surface area contributed by atoms with E-state index >= 15 is 0 Å². The number of hydrogen-bond acceptors (Lipinski definition) is 2. The summed E-state index contributed by atoms with van der Waals surface area (Å²) in [4.78, 5) is 13.2. The molecule has 0 saturated heterocycles. The molecule has 172 valence electrons. The molecule has 1 amide bonds. The van der Waals surface area contributed by atoms with Crippen LogP contribution in [0.1, 0.15) is 28.2 Å². The van der Waals surface area contributed by atoms with Crippen LogP contribution in [-0.2, 0) is 11.3 Å². The Kier molecular flexibility index (Phi) is 6.73. The van der Waals surface area contributed by atoms with Crippen LogP contribution in [-0.4, -0.2) is 16.7 Å². The third-order valence-corrected chi connectivity index (χ3v) is 6.24. The molecule has 1 aromatic heterocycles. The molecule has 4 aromatic carbocycles. The number of rotatable bonds is 7. The zero-order chi connectivity index (χ0) is 24.0. The van der Waals surface area contributed by atoms with Crippen LogP contribution in [0.2, 0.25) is 5.02 Å². The first kappa shape index (κ1) is 22.6. The van der Waals surface area contributed by atoms with Crippen LogP contribution in [0.25, 0.3) is 10.9 Å². The third kappa shape index (κ3) is 5.18. The zero-order valence-electron chi connectivity index (χ0n) is 19.0. The van der Waals surface area contributed by atoms with Gasteiger partial charge in [0, 0.05) is 34.2 Å². The predicted molar refractivity (Wildman–Crippen MR) is 143 cm³/mol. The first-order chi connectivity index (χ1) is 17.2. The number of fused-ring (bicyclic) bond motifs is 1. The highest BCUT2D eigenvalue weighted by atomic mass is 35.5. The number of para-hydroxylation sites is 1. The normalized spacial score (nSPS) is 11.4. The summed E-state index contributed by atoms with van der Waals surface area (Å²) in [6.45, 7) is 0.710. The van der Waals surface area contributed by atoms with Gasteiger partial charge in [-0.15, -0.1) is 0 Å². The van der Waals surface area contributed by atoms with Gasteiger partial charge in [0.1, 0.15) is 0 Å². The number of aromatic nitrogens is 1. The lowest BCUT2D eigenvalue weighted by Crippen LogP contribution is -2.26. The molecule has 5 aromatic rings. The zero-order valence-corrected chi connectivity index (χ0v) is 19.8. The van der Waals surface area contributed by atoms with Gasteiger partial charge in [0.05, 0.1) is 12.1 Å². The van der Waals surface area contributed by atoms with Crippen molar-refractivity contribution >= 4 is 34.6 Å². The average molecular weight is 478 g/mol. The molecule has 4 nitrogen and oxygen atoms in total. The van der Waals surface area contributed by atoms with Gasteiger partial charge < -0.3 is 4.57 Å². The van der Waals surface area contributed by atoms with Crippen molar-refractivity contribution in [1.82, 2.24) is 9.99 Å². The molecule has 0 aliphatic rings. The van der Waals surface area contributed by atoms with E-state index in [1.807, 2.05) is 97.1 Å². The van der Waals surface area contributed by atoms with Gasteiger partial charge in [-0.3, -0.25) is 4.79 Å². The Morgan fingerprint density at radius 2 is 1.43 bits per heavy atom. The smallest absolute Gasteiger partial charge is 0.252 e. The number of hydrogen-bond donors (Lipinski definition) is 1. The summed E-state index contributed by atoms with van der Waals surface area (Å²) in [6, 6.07) is 35.5. The Hall–Kier alpha value is -4.15. The lowest BCUT2D eigenvalue weighted by molar-refractivity contribution is -0.121. The number of benzene rings is 4. The summed E-state index contributed by atoms with van der Waals surface area (Å²) in [5.74, 6) is -0.621. The van der Waals surface area contributed by atoms with Crippen molar-refractivity contribution in [1.29, 1.82) is 0 Å². The predicted octanol–water partition coefficient (Wildman–Crippen LogP) is 6.63. The Morgan fingerprint density at radius 1 is 0.829 bits per heavy atom. The molecule has 1 heterocycles. The fourth-order valence-corrected chi connectivity index (χ4v) is 4.44. The monoisotopic (exact) mass is 477 g/mol. The van der Waals surface area contributed by atoms with E-state index in [9.17, 15) is 4.79 Å². The number of amides is 1. The van der Waals surface area contributed by atoms with E-state index < -0.39 is 5.92 Å². The number of nitrogens with zero attached hydrogens (tertiary/aromatic N) is 2. The fraction of sp³-hybridized carbons (Fsp3) is 0.0667. The van der Waals surface area contributed by atoms with Gasteiger partial charge in [-0.05, 0) is 34.9 Å². The number of hydrazone groups is 1. The minimum Gasteiger partial charge on any atom is -0.342 e. The molecule has 0 saturated carbocycles. The number of carbonyl (C=O) groups excluding carboxylic acids is 1. The van der Waals surface area contributed by atoms with E-state index in [2.05, 4.69) is 33.4 Å². The molecule has 0 fully saturated rings. The fourth-order valence-electron chi connectivity index (χ4n) is 4.31. The van der Waals surface area contributed by atoms with Crippen LogP contribution >= 0.6 is 11.6 Å². The second kappa shape index (κ2) is 10.4. The van der Waals surface area contributed by atoms with Crippen LogP contribution in [0.4, 0.5) is 0 Å². The second-order valence-corrected chi connectivity index (χ2v) is 8.78. The van der Waals surface area contributed by atoms with E-state index in [1.165, 1.54) is 0 Å². The van der Waals surface area contributed by atoms with Gasteiger partial charge in [0.2, 0.25) is 0 Å². The quantitative estimate of drug-likeness (QED) is 0.207. The molecule has 0 unspecified atom stereocenters. The molecule has 35 heavy (non-hydrogen) atoms. The Morgan fingerprint density at radius 3 is 2.09 bits per heavy atom. The largest absolute Gasteiger partial charge is 0.342 e. The van der Waals surface area contributed by atoms with Gasteiger partial charge >= 0.3 is 0 Å². The summed E-state index contributed by atoms with van der Waals surface area (Å²) in [6.07, 6.45) is 3.77. The van der Waals surface area contributed by atoms with E-state index in [-0.39, 0.29) is 5.91 Å². The number of halogens is 1. The molecule has 5 rings (SSSR count). The highest BCUT2D eigenvalue weighted by molar-refractivity contribution is 6.30. The molecule has 0 radical (unpaired) electrons. The second-order valence-electron chi connectivity index (χ2n) is 8.34. The molecular weight excluding hydrogens is 454 g/mol. The van der Waals surface area contributed by atoms with Crippen molar-refractivity contribution < 1.29 is 4.79 Å². The van der Waals surface area contributed by atoms with E-state index in [1.54, 1.807) is 6.21 Å². The maximum atomic E-state index is 13.2. The third-order valence-electron chi connectivity index (χ3n) is 5.99. The molecule has 0 atom stereocenters. The molecule has 5 heteroatoms. The van der Waals surface area contributed by atoms with Crippen LogP contribution in [0.15, 0.2) is 120 Å². The van der Waals surface area contributed by atoms with E-state index in [0.29, 0.717) is 6.54 Å². The summed E-state index contributed by atoms with van der Waals surface area (Å²) in [7, 11) is 0. The molecule has 1 N–H and O–H groups in total. The number of nitrogens with one attached hydrogen (secondary N) is 1. The molecule has 0 bridgehead atoms. The van der Waals surface area contributed by atoms with Gasteiger partial charge in [-0.1, -0.05) is 103 Å². The van der Waals surface area contributed by atoms with Crippen LogP contribution in [0, 0.1) is 0 Å². The van der Waals surface area contributed by atoms with Crippen molar-refractivity contribution in [3.8, 4) is 0 Å². The van der Waals surface area contributed by atoms with Crippen molar-refractivity contribution in [2.45, 2.75) is 12.5 Å². The first-order valence-corrected chi connectivity index (χ1v) is 11.8. The Labute approximate surface area is 209 Å². The standard InChI is InChI=1S/C30H24ClN3O/c31-26-17-15-22(16-18-26)20-34-21-25(27-13-7-8-14-28(27)34)19-32-33-30(35)29(23-9-3-1-4-10-23)24-11-5-2-6-12-24/h1-19,21,29H,20H2,(H,33,35)/b32-19-. The lowest BCUT2D eigenvalue weighted by atomic mass is 9.91. The first-order valence-electron chi connectivity index (χ1n) is 11.4. The van der Waals surface area contributed by atoms with Crippen molar-refractivity contribution in [3.05, 3.63) is 143 Å². The summed E-state index contributed by atoms with van der Waals surface area (Å²) < 4.78 is 2.18. The van der Waals surface area contributed by atoms with Crippen LogP contribution in [0.5, 0.6) is 0 Å². The summed E-state index contributed by atoms with van der Waals surface area (Å²) in [5.41, 5.74) is 7.80. The van der Waals surface area contributed by atoms with Gasteiger partial charge in [-0.25, -0.2) is 5.43 Å². The maximum absolute atomic E-state index is 13.2. The number of carbonyl (C=O) groups is 1. The van der Waals surface area contributed by atoms with Gasteiger partial charge in [0.25, 0.3) is 5.91 Å². The molecular formula is C30H24ClN3O. The Balaban J connectivity index is 1.39. The van der Waals surface area contributed by atoms with Gasteiger partial charge in [-0.2, -0.15) is 5.10 Å². The van der Waals surface area contributed by atoms with Crippen LogP contribution in [0.3, 0.4) is 0 Å². The SMILES string of the molecule is O=C(N/N=C\c1cn(Cc2ccc(Cl)cc2)c2ccccc12)C(c1ccccc1)c1ccccc1. The summed E-state index contributed by atoms with van der Waals surface area (Å²) >= 11 is 6.04.